The molecule has 6 heteroatoms. The highest BCUT2D eigenvalue weighted by atomic mass is 16.2. The first-order valence-electron chi connectivity index (χ1n) is 8.86. The molecule has 0 spiro atoms. The molecule has 1 atom stereocenters. The number of hydrogen-bond donors (Lipinski definition) is 2. The van der Waals surface area contributed by atoms with Gasteiger partial charge in [-0.05, 0) is 49.2 Å². The van der Waals surface area contributed by atoms with Crippen LogP contribution in [0.2, 0.25) is 0 Å². The van der Waals surface area contributed by atoms with E-state index < -0.39 is 6.04 Å². The van der Waals surface area contributed by atoms with Crippen LogP contribution in [0, 0.1) is 0 Å². The van der Waals surface area contributed by atoms with Crippen LogP contribution >= 0.6 is 0 Å². The molecule has 2 amide bonds. The number of nitrogens with one attached hydrogen (secondary N) is 2. The summed E-state index contributed by atoms with van der Waals surface area (Å²) in [4.78, 5) is 24.3. The summed E-state index contributed by atoms with van der Waals surface area (Å²) in [7, 11) is 0. The third kappa shape index (κ3) is 5.04. The number of carbonyl (C=O) groups excluding carboxylic acids is 2. The van der Waals surface area contributed by atoms with Gasteiger partial charge in [-0.15, -0.1) is 0 Å². The molecule has 0 saturated heterocycles. The first-order valence-corrected chi connectivity index (χ1v) is 8.86. The average Bonchev–Trinajstić information content (AvgIpc) is 3.24. The fourth-order valence-corrected chi connectivity index (χ4v) is 2.66. The highest BCUT2D eigenvalue weighted by Crippen LogP contribution is 2.08. The largest absolute Gasteiger partial charge is 0.354 e. The lowest BCUT2D eigenvalue weighted by Gasteiger charge is -2.14. The Hall–Kier alpha value is -3.41. The summed E-state index contributed by atoms with van der Waals surface area (Å²) in [6.45, 7) is 2.18. The third-order valence-corrected chi connectivity index (χ3v) is 4.20. The molecule has 2 aromatic carbocycles. The molecule has 0 aliphatic carbocycles. The molecular formula is C21H22N4O2. The quantitative estimate of drug-likeness (QED) is 0.677. The smallest absolute Gasteiger partial charge is 0.251 e. The van der Waals surface area contributed by atoms with Gasteiger partial charge in [-0.3, -0.25) is 9.59 Å². The van der Waals surface area contributed by atoms with Crippen LogP contribution in [0.1, 0.15) is 22.8 Å². The highest BCUT2D eigenvalue weighted by molar-refractivity contribution is 5.97. The zero-order valence-electron chi connectivity index (χ0n) is 15.1. The van der Waals surface area contributed by atoms with E-state index in [1.54, 1.807) is 42.1 Å². The fraction of sp³-hybridized carbons (Fsp3) is 0.190. The van der Waals surface area contributed by atoms with Crippen molar-refractivity contribution in [3.63, 3.8) is 0 Å². The van der Waals surface area contributed by atoms with Gasteiger partial charge in [0.1, 0.15) is 6.04 Å². The molecular weight excluding hydrogens is 340 g/mol. The van der Waals surface area contributed by atoms with E-state index in [4.69, 9.17) is 0 Å². The maximum Gasteiger partial charge on any atom is 0.251 e. The predicted octanol–water partition coefficient (Wildman–Crippen LogP) is 2.35. The summed E-state index contributed by atoms with van der Waals surface area (Å²) in [5, 5.41) is 9.76. The summed E-state index contributed by atoms with van der Waals surface area (Å²) in [5.41, 5.74) is 2.65. The molecule has 6 nitrogen and oxygen atoms in total. The highest BCUT2D eigenvalue weighted by Gasteiger charge is 2.15. The summed E-state index contributed by atoms with van der Waals surface area (Å²) >= 11 is 0. The molecule has 0 radical (unpaired) electrons. The van der Waals surface area contributed by atoms with Gasteiger partial charge in [0, 0.05) is 24.5 Å². The van der Waals surface area contributed by atoms with Gasteiger partial charge in [-0.1, -0.05) is 30.3 Å². The molecule has 138 valence electrons. The van der Waals surface area contributed by atoms with Crippen LogP contribution in [-0.2, 0) is 11.2 Å². The van der Waals surface area contributed by atoms with Gasteiger partial charge in [-0.2, -0.15) is 5.10 Å². The lowest BCUT2D eigenvalue weighted by atomic mass is 10.1. The Bertz CT molecular complexity index is 874. The second kappa shape index (κ2) is 8.80. The molecule has 2 N–H and O–H groups in total. The van der Waals surface area contributed by atoms with Gasteiger partial charge in [0.05, 0.1) is 5.69 Å². The number of aromatic nitrogens is 2. The fourth-order valence-electron chi connectivity index (χ4n) is 2.66. The minimum Gasteiger partial charge on any atom is -0.354 e. The van der Waals surface area contributed by atoms with E-state index >= 15 is 0 Å². The lowest BCUT2D eigenvalue weighted by molar-refractivity contribution is -0.122. The summed E-state index contributed by atoms with van der Waals surface area (Å²) in [5.74, 6) is -0.458. The van der Waals surface area contributed by atoms with E-state index in [9.17, 15) is 9.59 Å². The van der Waals surface area contributed by atoms with Crippen LogP contribution in [0.25, 0.3) is 5.69 Å². The average molecular weight is 362 g/mol. The number of nitrogens with zero attached hydrogens (tertiary/aromatic N) is 2. The van der Waals surface area contributed by atoms with Crippen LogP contribution in [0.3, 0.4) is 0 Å². The number of benzene rings is 2. The molecule has 0 saturated carbocycles. The second-order valence-electron chi connectivity index (χ2n) is 6.22. The third-order valence-electron chi connectivity index (χ3n) is 4.20. The number of hydrogen-bond acceptors (Lipinski definition) is 3. The Kier molecular flexibility index (Phi) is 5.99. The van der Waals surface area contributed by atoms with E-state index in [1.807, 2.05) is 42.6 Å². The minimum atomic E-state index is -0.597. The van der Waals surface area contributed by atoms with Crippen molar-refractivity contribution in [1.82, 2.24) is 20.4 Å². The van der Waals surface area contributed by atoms with Crippen molar-refractivity contribution < 1.29 is 9.59 Å². The van der Waals surface area contributed by atoms with Gasteiger partial charge in [-0.25, -0.2) is 4.68 Å². The Balaban J connectivity index is 1.44. The maximum atomic E-state index is 12.2. The first kappa shape index (κ1) is 18.4. The molecule has 0 bridgehead atoms. The Morgan fingerprint density at radius 1 is 1.04 bits per heavy atom. The normalized spacial score (nSPS) is 11.6. The Labute approximate surface area is 158 Å². The molecule has 0 fully saturated rings. The number of amides is 2. The first-order chi connectivity index (χ1) is 13.1. The van der Waals surface area contributed by atoms with Gasteiger partial charge in [0.25, 0.3) is 5.91 Å². The summed E-state index contributed by atoms with van der Waals surface area (Å²) < 4.78 is 1.79. The zero-order valence-corrected chi connectivity index (χ0v) is 15.1. The predicted molar refractivity (Wildman–Crippen MR) is 104 cm³/mol. The van der Waals surface area contributed by atoms with E-state index in [0.717, 1.165) is 11.3 Å². The standard InChI is InChI=1S/C21H22N4O2/c1-16(24-21(27)18-6-3-2-4-7-18)20(26)22-14-12-17-8-10-19(11-9-17)25-15-5-13-23-25/h2-11,13,15-16H,12,14H2,1H3,(H,22,26)(H,24,27). The summed E-state index contributed by atoms with van der Waals surface area (Å²) in [6.07, 6.45) is 4.34. The van der Waals surface area contributed by atoms with Crippen molar-refractivity contribution in [3.05, 3.63) is 84.2 Å². The molecule has 1 aromatic heterocycles. The van der Waals surface area contributed by atoms with Crippen molar-refractivity contribution in [2.75, 3.05) is 6.54 Å². The van der Waals surface area contributed by atoms with Crippen LogP contribution < -0.4 is 10.6 Å². The second-order valence-corrected chi connectivity index (χ2v) is 6.22. The van der Waals surface area contributed by atoms with Gasteiger partial charge < -0.3 is 10.6 Å². The van der Waals surface area contributed by atoms with Crippen molar-refractivity contribution >= 4 is 11.8 Å². The molecule has 1 unspecified atom stereocenters. The summed E-state index contributed by atoms with van der Waals surface area (Å²) in [6, 6.07) is 18.1. The number of carbonyl (C=O) groups is 2. The van der Waals surface area contributed by atoms with Crippen molar-refractivity contribution in [1.29, 1.82) is 0 Å². The lowest BCUT2D eigenvalue weighted by Crippen LogP contribution is -2.45. The van der Waals surface area contributed by atoms with Crippen molar-refractivity contribution in [3.8, 4) is 5.69 Å². The van der Waals surface area contributed by atoms with Crippen LogP contribution in [-0.4, -0.2) is 34.2 Å². The van der Waals surface area contributed by atoms with Crippen LogP contribution in [0.4, 0.5) is 0 Å². The Morgan fingerprint density at radius 2 is 1.78 bits per heavy atom. The van der Waals surface area contributed by atoms with Gasteiger partial charge in [0.15, 0.2) is 0 Å². The van der Waals surface area contributed by atoms with Crippen LogP contribution in [0.15, 0.2) is 73.1 Å². The maximum absolute atomic E-state index is 12.2. The van der Waals surface area contributed by atoms with E-state index in [1.165, 1.54) is 0 Å². The van der Waals surface area contributed by atoms with Crippen molar-refractivity contribution in [2.45, 2.75) is 19.4 Å². The van der Waals surface area contributed by atoms with Crippen LogP contribution in [0.5, 0.6) is 0 Å². The molecule has 1 heterocycles. The minimum absolute atomic E-state index is 0.201. The van der Waals surface area contributed by atoms with Gasteiger partial charge in [0.2, 0.25) is 5.91 Å². The van der Waals surface area contributed by atoms with Gasteiger partial charge >= 0.3 is 0 Å². The molecule has 27 heavy (non-hydrogen) atoms. The topological polar surface area (TPSA) is 76.0 Å². The number of rotatable bonds is 7. The van der Waals surface area contributed by atoms with E-state index in [2.05, 4.69) is 15.7 Å². The molecule has 0 aliphatic rings. The van der Waals surface area contributed by atoms with Crippen molar-refractivity contribution in [2.24, 2.45) is 0 Å². The monoisotopic (exact) mass is 362 g/mol. The van der Waals surface area contributed by atoms with E-state index in [-0.39, 0.29) is 11.8 Å². The molecule has 0 aliphatic heterocycles. The molecule has 3 aromatic rings. The molecule has 3 rings (SSSR count). The SMILES string of the molecule is CC(NC(=O)c1ccccc1)C(=O)NCCc1ccc(-n2cccn2)cc1. The Morgan fingerprint density at radius 3 is 2.44 bits per heavy atom. The van der Waals surface area contributed by atoms with E-state index in [0.29, 0.717) is 18.5 Å². The zero-order chi connectivity index (χ0) is 19.1.